The fourth-order valence-electron chi connectivity index (χ4n) is 7.66. The zero-order valence-electron chi connectivity index (χ0n) is 38.1. The van der Waals surface area contributed by atoms with Crippen LogP contribution in [0.25, 0.3) is 80.3 Å². The van der Waals surface area contributed by atoms with Crippen LogP contribution in [0.2, 0.25) is 0 Å². The number of fused-ring (bicyclic) bond motifs is 9. The molecule has 11 aromatic rings. The van der Waals surface area contributed by atoms with E-state index in [0.29, 0.717) is 33.5 Å². The summed E-state index contributed by atoms with van der Waals surface area (Å²) in [6, 6.07) is 76.9. The Morgan fingerprint density at radius 1 is 0.286 bits per heavy atom. The van der Waals surface area contributed by atoms with E-state index in [9.17, 15) is 0 Å². The second kappa shape index (κ2) is 23.9. The van der Waals surface area contributed by atoms with Crippen LogP contribution in [0.3, 0.4) is 0 Å². The Morgan fingerprint density at radius 3 is 0.971 bits per heavy atom. The van der Waals surface area contributed by atoms with Gasteiger partial charge in [-0.15, -0.1) is 0 Å². The number of benzene rings is 11. The topological polar surface area (TPSA) is 171 Å². The number of hydrogen-bond acceptors (Lipinski definition) is 7. The van der Waals surface area contributed by atoms with Crippen molar-refractivity contribution >= 4 is 81.1 Å². The van der Waals surface area contributed by atoms with Gasteiger partial charge in [0.1, 0.15) is 0 Å². The summed E-state index contributed by atoms with van der Waals surface area (Å²) >= 11 is 0. The van der Waals surface area contributed by atoms with Crippen molar-refractivity contribution in [1.82, 2.24) is 0 Å². The average molecular weight is 895 g/mol. The Bertz CT molecular complexity index is 3750. The first-order valence-electron chi connectivity index (χ1n) is 21.6. The van der Waals surface area contributed by atoms with Gasteiger partial charge in [0, 0.05) is 13.8 Å². The molecule has 0 heterocycles. The second-order valence-electron chi connectivity index (χ2n) is 15.3. The maximum atomic E-state index is 8.97. The molecule has 0 aliphatic rings. The Labute approximate surface area is 405 Å². The maximum absolute atomic E-state index is 8.97. The van der Waals surface area contributed by atoms with E-state index in [1.807, 2.05) is 133 Å². The van der Waals surface area contributed by atoms with Gasteiger partial charge >= 0.3 is 0 Å². The first-order chi connectivity index (χ1) is 34.2. The van der Waals surface area contributed by atoms with Crippen LogP contribution < -0.4 is 0 Å². The van der Waals surface area contributed by atoms with Crippen LogP contribution in [0.4, 0.5) is 5.69 Å². The highest BCUT2D eigenvalue weighted by Crippen LogP contribution is 2.30. The van der Waals surface area contributed by atoms with Crippen LogP contribution >= 0.6 is 0 Å². The van der Waals surface area contributed by atoms with Crippen LogP contribution in [0.1, 0.15) is 41.7 Å². The lowest BCUT2D eigenvalue weighted by molar-refractivity contribution is 1.49. The second-order valence-corrected chi connectivity index (χ2v) is 15.3. The third-order valence-electron chi connectivity index (χ3n) is 10.9. The van der Waals surface area contributed by atoms with Crippen molar-refractivity contribution in [3.63, 3.8) is 0 Å². The van der Waals surface area contributed by atoms with Crippen molar-refractivity contribution in [2.45, 2.75) is 13.8 Å². The third kappa shape index (κ3) is 11.9. The van der Waals surface area contributed by atoms with Crippen molar-refractivity contribution in [2.75, 3.05) is 0 Å². The molecule has 8 heteroatoms. The van der Waals surface area contributed by atoms with Crippen molar-refractivity contribution < 1.29 is 0 Å². The van der Waals surface area contributed by atoms with Gasteiger partial charge in [-0.3, -0.25) is 0 Å². The van der Waals surface area contributed by atoms with Crippen molar-refractivity contribution in [2.24, 2.45) is 0 Å². The molecule has 0 aromatic heterocycles. The molecular weight excluding hydrogens is 857 g/mol. The molecule has 8 nitrogen and oxygen atoms in total. The fraction of sp³-hybridized carbons (Fsp3) is 0.0323. The molecule has 0 N–H and O–H groups in total. The Hall–Kier alpha value is -10.8. The zero-order valence-corrected chi connectivity index (χ0v) is 38.1. The summed E-state index contributed by atoms with van der Waals surface area (Å²) in [5.41, 5.74) is 3.91. The highest BCUT2D eigenvalue weighted by atomic mass is 14.6. The van der Waals surface area contributed by atoms with E-state index in [0.717, 1.165) is 64.6 Å². The van der Waals surface area contributed by atoms with Gasteiger partial charge in [-0.05, 0) is 154 Å². The number of nitrogens with zero attached hydrogens (tertiary/aromatic N) is 8. The summed E-state index contributed by atoms with van der Waals surface area (Å²) in [7, 11) is 0. The number of hydrogen-bond donors (Lipinski definition) is 0. The Kier molecular flexibility index (Phi) is 16.6. The molecule has 0 saturated heterocycles. The van der Waals surface area contributed by atoms with E-state index in [2.05, 4.69) is 95.9 Å². The summed E-state index contributed by atoms with van der Waals surface area (Å²) in [6.07, 6.45) is 0. The minimum Gasteiger partial charge on any atom is -0.238 e. The van der Waals surface area contributed by atoms with E-state index in [4.69, 9.17) is 43.4 Å². The monoisotopic (exact) mass is 894 g/mol. The van der Waals surface area contributed by atoms with Gasteiger partial charge in [0.2, 0.25) is 0 Å². The van der Waals surface area contributed by atoms with Crippen molar-refractivity contribution in [3.05, 3.63) is 233 Å². The molecule has 11 rings (SSSR count). The first kappa shape index (κ1) is 48.6. The van der Waals surface area contributed by atoms with E-state index in [1.54, 1.807) is 12.1 Å². The van der Waals surface area contributed by atoms with Gasteiger partial charge < -0.3 is 0 Å². The maximum Gasteiger partial charge on any atom is 0.187 e. The lowest BCUT2D eigenvalue weighted by Crippen LogP contribution is -1.82. The molecule has 0 amide bonds. The molecule has 0 spiro atoms. The summed E-state index contributed by atoms with van der Waals surface area (Å²) in [6.45, 7) is 9.89. The average Bonchev–Trinajstić information content (AvgIpc) is 3.42. The van der Waals surface area contributed by atoms with Crippen LogP contribution in [0.5, 0.6) is 0 Å². The summed E-state index contributed by atoms with van der Waals surface area (Å²) in [5.74, 6) is 0. The summed E-state index contributed by atoms with van der Waals surface area (Å²) < 4.78 is 0. The van der Waals surface area contributed by atoms with Gasteiger partial charge in [-0.1, -0.05) is 115 Å². The summed E-state index contributed by atoms with van der Waals surface area (Å²) in [4.78, 5) is 3.44. The Balaban J connectivity index is 0.000000150. The van der Waals surface area contributed by atoms with Crippen molar-refractivity contribution in [3.8, 4) is 42.5 Å². The molecule has 326 valence electrons. The van der Waals surface area contributed by atoms with E-state index < -0.39 is 0 Å². The molecule has 0 aliphatic heterocycles. The van der Waals surface area contributed by atoms with E-state index in [1.165, 1.54) is 24.6 Å². The predicted molar refractivity (Wildman–Crippen MR) is 281 cm³/mol. The van der Waals surface area contributed by atoms with Crippen LogP contribution in [0, 0.1) is 85.9 Å². The number of rotatable bonds is 0. The minimum absolute atomic E-state index is 0.636. The lowest BCUT2D eigenvalue weighted by atomic mass is 9.99. The van der Waals surface area contributed by atoms with Gasteiger partial charge in [-0.25, -0.2) is 4.85 Å². The van der Waals surface area contributed by atoms with Crippen molar-refractivity contribution in [1.29, 1.82) is 36.8 Å². The molecular formula is C62H38N8. The highest BCUT2D eigenvalue weighted by molar-refractivity contribution is 6.09. The Morgan fingerprint density at radius 2 is 0.586 bits per heavy atom. The quantitative estimate of drug-likeness (QED) is 0.0828. The third-order valence-corrected chi connectivity index (χ3v) is 10.9. The molecule has 0 bridgehead atoms. The SMILES string of the molecule is CC#N.CC#N.N#Cc1ccc2c(ccc3cc(C#N)ccc32)c1.N#Cc1ccc2ccc3ccc(C#N)cc3c2c1.[C-]#[N+]c1ccc2cc3cc(C#N)ccc3cc2c1.c1ccc2ccccc2c1. The van der Waals surface area contributed by atoms with Gasteiger partial charge in [-0.2, -0.15) is 36.8 Å². The van der Waals surface area contributed by atoms with Gasteiger partial charge in [0.05, 0.1) is 76.9 Å². The van der Waals surface area contributed by atoms with Gasteiger partial charge in [0.15, 0.2) is 5.69 Å². The first-order valence-corrected chi connectivity index (χ1v) is 21.6. The normalized spacial score (nSPS) is 9.46. The highest BCUT2D eigenvalue weighted by Gasteiger charge is 2.05. The minimum atomic E-state index is 0.636. The standard InChI is InChI=1S/3C16H8N2.C10H8.2C2H3N/c17-9-11-1-5-15-13(7-11)3-4-14-8-12(10-18)2-6-16(14)15;1-18-16-5-4-13-7-14-6-11(10-17)2-3-12(14)8-15(13)9-16;17-9-11-1-3-13-5-6-14-4-2-12(10-18)8-16(14)15(13)7-11;1-2-6-10-8-4-3-7-9(10)5-1;2*1-2-3/h1-8H;2-9H;1-8H;1-8H;2*1H3. The van der Waals surface area contributed by atoms with E-state index >= 15 is 0 Å². The zero-order chi connectivity index (χ0) is 49.8. The van der Waals surface area contributed by atoms with Gasteiger partial charge in [0.25, 0.3) is 0 Å². The molecule has 0 unspecified atom stereocenters. The molecule has 0 radical (unpaired) electrons. The largest absolute Gasteiger partial charge is 0.238 e. The predicted octanol–water partition coefficient (Wildman–Crippen LogP) is 15.8. The smallest absolute Gasteiger partial charge is 0.187 e. The van der Waals surface area contributed by atoms with Crippen LogP contribution in [0.15, 0.2) is 194 Å². The fourth-order valence-corrected chi connectivity index (χ4v) is 7.66. The van der Waals surface area contributed by atoms with Crippen LogP contribution in [-0.4, -0.2) is 0 Å². The molecule has 70 heavy (non-hydrogen) atoms. The molecule has 0 atom stereocenters. The van der Waals surface area contributed by atoms with E-state index in [-0.39, 0.29) is 0 Å². The molecule has 0 aliphatic carbocycles. The lowest BCUT2D eigenvalue weighted by Gasteiger charge is -2.04. The van der Waals surface area contributed by atoms with Crippen LogP contribution in [-0.2, 0) is 0 Å². The summed E-state index contributed by atoms with van der Waals surface area (Å²) in [5, 5.41) is 74.7. The number of nitriles is 7. The molecule has 0 saturated carbocycles. The molecule has 0 fully saturated rings. The molecule has 11 aromatic carbocycles.